The smallest absolute Gasteiger partial charge is 0.224 e. The molecule has 2 fully saturated rings. The molecular weight excluding hydrogens is 377 g/mol. The molecule has 7 heteroatoms. The highest BCUT2D eigenvalue weighted by Gasteiger charge is 2.46. The van der Waals surface area contributed by atoms with E-state index in [1.807, 2.05) is 4.90 Å². The first-order valence-electron chi connectivity index (χ1n) is 8.84. The summed E-state index contributed by atoms with van der Waals surface area (Å²) in [5.41, 5.74) is 0.991. The average Bonchev–Trinajstić information content (AvgIpc) is 3.14. The van der Waals surface area contributed by atoms with Crippen LogP contribution in [0.3, 0.4) is 0 Å². The third-order valence-electron chi connectivity index (χ3n) is 5.49. The third kappa shape index (κ3) is 3.44. The zero-order chi connectivity index (χ0) is 19.1. The minimum absolute atomic E-state index is 0.00441. The molecule has 2 aromatic rings. The van der Waals surface area contributed by atoms with Crippen LogP contribution in [-0.2, 0) is 17.9 Å². The van der Waals surface area contributed by atoms with Gasteiger partial charge in [0, 0.05) is 48.7 Å². The molecule has 2 heterocycles. The standard InChI is InChI=1S/C20H18ClF3N2O/c21-15-8-14(22)5-4-12(15)11-26-17-6-7-25(18(17)9-19(26)27)10-13-2-1-3-16(23)20(13)24/h1-5,8,17-18H,6-7,9-11H2/t17-,18-/m0/s1. The van der Waals surface area contributed by atoms with E-state index in [2.05, 4.69) is 0 Å². The predicted molar refractivity (Wildman–Crippen MR) is 95.5 cm³/mol. The van der Waals surface area contributed by atoms with Crippen molar-refractivity contribution in [3.05, 3.63) is 70.0 Å². The van der Waals surface area contributed by atoms with Crippen molar-refractivity contribution in [1.82, 2.24) is 9.80 Å². The van der Waals surface area contributed by atoms with Crippen LogP contribution in [0.1, 0.15) is 24.0 Å². The van der Waals surface area contributed by atoms with Crippen LogP contribution in [0.5, 0.6) is 0 Å². The van der Waals surface area contributed by atoms with Gasteiger partial charge in [-0.3, -0.25) is 9.69 Å². The van der Waals surface area contributed by atoms with E-state index in [9.17, 15) is 18.0 Å². The Hall–Kier alpha value is -2.05. The second-order valence-corrected chi connectivity index (χ2v) is 7.48. The number of carbonyl (C=O) groups excluding carboxylic acids is 1. The lowest BCUT2D eigenvalue weighted by atomic mass is 10.1. The molecule has 0 bridgehead atoms. The van der Waals surface area contributed by atoms with Crippen LogP contribution in [0, 0.1) is 17.5 Å². The summed E-state index contributed by atoms with van der Waals surface area (Å²) in [6, 6.07) is 8.26. The number of hydrogen-bond donors (Lipinski definition) is 0. The fraction of sp³-hybridized carbons (Fsp3) is 0.350. The van der Waals surface area contributed by atoms with E-state index in [1.165, 1.54) is 18.2 Å². The number of halogens is 4. The maximum Gasteiger partial charge on any atom is 0.224 e. The number of benzene rings is 2. The molecule has 2 aromatic carbocycles. The Morgan fingerprint density at radius 3 is 2.63 bits per heavy atom. The molecule has 0 radical (unpaired) electrons. The van der Waals surface area contributed by atoms with E-state index in [0.717, 1.165) is 12.5 Å². The molecule has 2 aliphatic heterocycles. The Balaban J connectivity index is 1.50. The van der Waals surface area contributed by atoms with Gasteiger partial charge in [-0.25, -0.2) is 13.2 Å². The van der Waals surface area contributed by atoms with Crippen molar-refractivity contribution in [2.75, 3.05) is 6.54 Å². The summed E-state index contributed by atoms with van der Waals surface area (Å²) >= 11 is 6.10. The summed E-state index contributed by atoms with van der Waals surface area (Å²) in [6.07, 6.45) is 1.09. The van der Waals surface area contributed by atoms with E-state index in [-0.39, 0.29) is 24.5 Å². The van der Waals surface area contributed by atoms with Crippen molar-refractivity contribution in [3.63, 3.8) is 0 Å². The molecule has 2 atom stereocenters. The van der Waals surface area contributed by atoms with Gasteiger partial charge in [-0.2, -0.15) is 0 Å². The molecule has 0 saturated carbocycles. The van der Waals surface area contributed by atoms with E-state index < -0.39 is 17.5 Å². The molecule has 0 spiro atoms. The Morgan fingerprint density at radius 1 is 1.04 bits per heavy atom. The van der Waals surface area contributed by atoms with Gasteiger partial charge in [0.05, 0.1) is 0 Å². The van der Waals surface area contributed by atoms with Crippen LogP contribution in [0.15, 0.2) is 36.4 Å². The number of carbonyl (C=O) groups is 1. The van der Waals surface area contributed by atoms with E-state index in [4.69, 9.17) is 11.6 Å². The van der Waals surface area contributed by atoms with Crippen molar-refractivity contribution in [1.29, 1.82) is 0 Å². The van der Waals surface area contributed by atoms with Crippen LogP contribution in [-0.4, -0.2) is 34.3 Å². The Bertz CT molecular complexity index is 892. The molecule has 2 saturated heterocycles. The average molecular weight is 395 g/mol. The summed E-state index contributed by atoms with van der Waals surface area (Å²) < 4.78 is 40.7. The molecule has 2 aliphatic rings. The second kappa shape index (κ2) is 7.17. The number of fused-ring (bicyclic) bond motifs is 1. The quantitative estimate of drug-likeness (QED) is 0.778. The highest BCUT2D eigenvalue weighted by Crippen LogP contribution is 2.35. The monoisotopic (exact) mass is 394 g/mol. The lowest BCUT2D eigenvalue weighted by Gasteiger charge is -2.26. The van der Waals surface area contributed by atoms with Gasteiger partial charge in [0.15, 0.2) is 11.6 Å². The highest BCUT2D eigenvalue weighted by molar-refractivity contribution is 6.31. The second-order valence-electron chi connectivity index (χ2n) is 7.07. The van der Waals surface area contributed by atoms with Crippen molar-refractivity contribution in [2.45, 2.75) is 38.0 Å². The molecule has 3 nitrogen and oxygen atoms in total. The Labute approximate surface area is 160 Å². The Kier molecular flexibility index (Phi) is 4.86. The van der Waals surface area contributed by atoms with Crippen LogP contribution in [0.2, 0.25) is 5.02 Å². The van der Waals surface area contributed by atoms with Crippen LogP contribution >= 0.6 is 11.6 Å². The Morgan fingerprint density at radius 2 is 1.85 bits per heavy atom. The SMILES string of the molecule is O=C1C[C@H]2[C@H](CCN2Cc2cccc(F)c2F)N1Cc1ccc(F)cc1Cl. The number of likely N-dealkylation sites (tertiary alicyclic amines) is 2. The van der Waals surface area contributed by atoms with Gasteiger partial charge in [-0.15, -0.1) is 0 Å². The molecular formula is C20H18ClF3N2O. The molecule has 0 N–H and O–H groups in total. The summed E-state index contributed by atoms with van der Waals surface area (Å²) in [6.45, 7) is 1.29. The number of nitrogens with zero attached hydrogens (tertiary/aromatic N) is 2. The van der Waals surface area contributed by atoms with Crippen molar-refractivity contribution < 1.29 is 18.0 Å². The van der Waals surface area contributed by atoms with Crippen molar-refractivity contribution in [2.24, 2.45) is 0 Å². The summed E-state index contributed by atoms with van der Waals surface area (Å²) in [4.78, 5) is 16.3. The number of amides is 1. The van der Waals surface area contributed by atoms with Gasteiger partial charge in [-0.1, -0.05) is 29.8 Å². The van der Waals surface area contributed by atoms with Crippen LogP contribution in [0.4, 0.5) is 13.2 Å². The summed E-state index contributed by atoms with van der Waals surface area (Å²) in [7, 11) is 0. The largest absolute Gasteiger partial charge is 0.334 e. The first-order valence-corrected chi connectivity index (χ1v) is 9.22. The van der Waals surface area contributed by atoms with Gasteiger partial charge in [0.25, 0.3) is 0 Å². The number of rotatable bonds is 4. The zero-order valence-corrected chi connectivity index (χ0v) is 15.2. The normalized spacial score (nSPS) is 22.5. The zero-order valence-electron chi connectivity index (χ0n) is 14.5. The fourth-order valence-electron chi connectivity index (χ4n) is 4.13. The lowest BCUT2D eigenvalue weighted by Crippen LogP contribution is -2.36. The van der Waals surface area contributed by atoms with E-state index in [0.29, 0.717) is 35.7 Å². The van der Waals surface area contributed by atoms with Crippen LogP contribution < -0.4 is 0 Å². The maximum absolute atomic E-state index is 14.0. The van der Waals surface area contributed by atoms with Crippen LogP contribution in [0.25, 0.3) is 0 Å². The molecule has 142 valence electrons. The van der Waals surface area contributed by atoms with Gasteiger partial charge in [0.1, 0.15) is 5.82 Å². The topological polar surface area (TPSA) is 23.6 Å². The summed E-state index contributed by atoms with van der Waals surface area (Å²) in [5, 5.41) is 0.294. The lowest BCUT2D eigenvalue weighted by molar-refractivity contribution is -0.129. The maximum atomic E-state index is 14.0. The first kappa shape index (κ1) is 18.3. The van der Waals surface area contributed by atoms with Crippen molar-refractivity contribution >= 4 is 17.5 Å². The van der Waals surface area contributed by atoms with Gasteiger partial charge < -0.3 is 4.90 Å². The highest BCUT2D eigenvalue weighted by atomic mass is 35.5. The molecule has 27 heavy (non-hydrogen) atoms. The first-order chi connectivity index (χ1) is 12.9. The van der Waals surface area contributed by atoms with Gasteiger partial charge in [-0.05, 0) is 30.2 Å². The minimum Gasteiger partial charge on any atom is -0.334 e. The molecule has 0 unspecified atom stereocenters. The molecule has 4 rings (SSSR count). The minimum atomic E-state index is -0.863. The predicted octanol–water partition coefficient (Wildman–Crippen LogP) is 4.13. The third-order valence-corrected chi connectivity index (χ3v) is 5.84. The number of hydrogen-bond acceptors (Lipinski definition) is 2. The van der Waals surface area contributed by atoms with Crippen molar-refractivity contribution in [3.8, 4) is 0 Å². The van der Waals surface area contributed by atoms with Gasteiger partial charge >= 0.3 is 0 Å². The molecule has 0 aliphatic carbocycles. The fourth-order valence-corrected chi connectivity index (χ4v) is 4.36. The molecule has 0 aromatic heterocycles. The van der Waals surface area contributed by atoms with Gasteiger partial charge in [0.2, 0.25) is 5.91 Å². The molecule has 1 amide bonds. The van der Waals surface area contributed by atoms with E-state index >= 15 is 0 Å². The van der Waals surface area contributed by atoms with E-state index in [1.54, 1.807) is 17.0 Å². The summed E-state index contributed by atoms with van der Waals surface area (Å²) in [5.74, 6) is -2.12.